The van der Waals surface area contributed by atoms with Crippen molar-refractivity contribution in [3.63, 3.8) is 0 Å². The largest absolute Gasteiger partial charge is 0.352 e. The summed E-state index contributed by atoms with van der Waals surface area (Å²) in [4.78, 5) is 0. The second-order valence-electron chi connectivity index (χ2n) is 3.36. The maximum Gasteiger partial charge on any atom is 0.242 e. The Labute approximate surface area is 81.5 Å². The monoisotopic (exact) mass is 201 g/mol. The Kier molecular flexibility index (Phi) is 2.35. The molecule has 1 atom stereocenters. The maximum absolute atomic E-state index is 6.11. The fourth-order valence-corrected chi connectivity index (χ4v) is 1.52. The first-order valence-corrected chi connectivity index (χ1v) is 4.81. The van der Waals surface area contributed by atoms with Crippen LogP contribution in [-0.2, 0) is 7.05 Å². The van der Waals surface area contributed by atoms with Gasteiger partial charge in [-0.2, -0.15) is 0 Å². The van der Waals surface area contributed by atoms with Gasteiger partial charge in [0.15, 0.2) is 0 Å². The molecule has 0 bridgehead atoms. The third-order valence-corrected chi connectivity index (χ3v) is 2.72. The average Bonchev–Trinajstić information content (AvgIpc) is 2.88. The van der Waals surface area contributed by atoms with E-state index in [1.165, 1.54) is 12.8 Å². The van der Waals surface area contributed by atoms with Crippen molar-refractivity contribution in [2.24, 2.45) is 13.0 Å². The lowest BCUT2D eigenvalue weighted by molar-refractivity contribution is 0.705. The van der Waals surface area contributed by atoms with Crippen molar-refractivity contribution in [1.82, 2.24) is 20.2 Å². The van der Waals surface area contributed by atoms with Crippen molar-refractivity contribution in [2.45, 2.75) is 18.2 Å². The van der Waals surface area contributed by atoms with Crippen LogP contribution in [0.25, 0.3) is 0 Å². The number of nitrogens with zero attached hydrogens (tertiary/aromatic N) is 4. The molecular weight excluding hydrogens is 190 g/mol. The number of nitrogens with one attached hydrogen (secondary N) is 1. The molecule has 0 amide bonds. The Morgan fingerprint density at radius 1 is 1.69 bits per heavy atom. The topological polar surface area (TPSA) is 55.6 Å². The van der Waals surface area contributed by atoms with Crippen LogP contribution in [0.3, 0.4) is 0 Å². The smallest absolute Gasteiger partial charge is 0.242 e. The molecule has 1 N–H and O–H groups in total. The van der Waals surface area contributed by atoms with Crippen molar-refractivity contribution in [3.8, 4) is 0 Å². The van der Waals surface area contributed by atoms with E-state index in [4.69, 9.17) is 11.6 Å². The molecule has 0 aliphatic heterocycles. The molecule has 0 spiro atoms. The summed E-state index contributed by atoms with van der Waals surface area (Å²) in [5, 5.41) is 14.3. The van der Waals surface area contributed by atoms with Gasteiger partial charge in [-0.1, -0.05) is 5.10 Å². The number of rotatable bonds is 4. The summed E-state index contributed by atoms with van der Waals surface area (Å²) in [5.41, 5.74) is 0. The second-order valence-corrected chi connectivity index (χ2v) is 3.92. The molecule has 1 fully saturated rings. The maximum atomic E-state index is 6.11. The zero-order valence-electron chi connectivity index (χ0n) is 7.44. The Balaban J connectivity index is 1.81. The van der Waals surface area contributed by atoms with Crippen LogP contribution in [0.2, 0.25) is 0 Å². The van der Waals surface area contributed by atoms with Gasteiger partial charge in [0.05, 0.1) is 5.38 Å². The zero-order valence-corrected chi connectivity index (χ0v) is 8.20. The number of aromatic nitrogens is 4. The highest BCUT2D eigenvalue weighted by Crippen LogP contribution is 2.35. The van der Waals surface area contributed by atoms with Gasteiger partial charge in [-0.05, 0) is 29.2 Å². The van der Waals surface area contributed by atoms with Gasteiger partial charge in [0.25, 0.3) is 0 Å². The lowest BCUT2D eigenvalue weighted by Crippen LogP contribution is -2.18. The van der Waals surface area contributed by atoms with Gasteiger partial charge in [0.1, 0.15) is 0 Å². The van der Waals surface area contributed by atoms with Crippen LogP contribution < -0.4 is 5.32 Å². The molecule has 6 heteroatoms. The highest BCUT2D eigenvalue weighted by atomic mass is 35.5. The molecule has 72 valence electrons. The quantitative estimate of drug-likeness (QED) is 0.727. The fourth-order valence-electron chi connectivity index (χ4n) is 1.19. The van der Waals surface area contributed by atoms with Crippen molar-refractivity contribution in [1.29, 1.82) is 0 Å². The van der Waals surface area contributed by atoms with Crippen molar-refractivity contribution >= 4 is 17.5 Å². The summed E-state index contributed by atoms with van der Waals surface area (Å²) >= 11 is 6.11. The molecule has 1 aliphatic rings. The number of hydrogen-bond acceptors (Lipinski definition) is 4. The van der Waals surface area contributed by atoms with Crippen molar-refractivity contribution in [3.05, 3.63) is 0 Å². The van der Waals surface area contributed by atoms with Gasteiger partial charge in [-0.3, -0.25) is 0 Å². The fraction of sp³-hybridized carbons (Fsp3) is 0.857. The average molecular weight is 202 g/mol. The molecule has 0 saturated heterocycles. The normalized spacial score (nSPS) is 18.6. The zero-order chi connectivity index (χ0) is 9.26. The summed E-state index contributed by atoms with van der Waals surface area (Å²) in [5.74, 6) is 1.36. The van der Waals surface area contributed by atoms with Crippen molar-refractivity contribution in [2.75, 3.05) is 11.9 Å². The summed E-state index contributed by atoms with van der Waals surface area (Å²) in [6.07, 6.45) is 2.51. The summed E-state index contributed by atoms with van der Waals surface area (Å²) in [6, 6.07) is 0. The first kappa shape index (κ1) is 8.74. The SMILES string of the molecule is Cn1nnnc1NCC(Cl)C1CC1. The van der Waals surface area contributed by atoms with Gasteiger partial charge in [0, 0.05) is 13.6 Å². The van der Waals surface area contributed by atoms with Crippen LogP contribution in [0.5, 0.6) is 0 Å². The highest BCUT2D eigenvalue weighted by molar-refractivity contribution is 6.21. The van der Waals surface area contributed by atoms with Crippen LogP contribution >= 0.6 is 11.6 Å². The number of aryl methyl sites for hydroxylation is 1. The number of halogens is 1. The molecule has 13 heavy (non-hydrogen) atoms. The van der Waals surface area contributed by atoms with Crippen LogP contribution in [-0.4, -0.2) is 32.1 Å². The number of tetrazole rings is 1. The van der Waals surface area contributed by atoms with E-state index in [1.807, 2.05) is 0 Å². The van der Waals surface area contributed by atoms with Crippen LogP contribution in [0, 0.1) is 5.92 Å². The van der Waals surface area contributed by atoms with E-state index in [0.29, 0.717) is 11.9 Å². The highest BCUT2D eigenvalue weighted by Gasteiger charge is 2.29. The minimum atomic E-state index is 0.205. The third-order valence-electron chi connectivity index (χ3n) is 2.21. The summed E-state index contributed by atoms with van der Waals surface area (Å²) in [6.45, 7) is 0.737. The standard InChI is InChI=1S/C7H12ClN5/c1-13-7(10-11-12-13)9-4-6(8)5-2-3-5/h5-6H,2-4H2,1H3,(H,9,10,12). The first-order chi connectivity index (χ1) is 6.27. The Bertz CT molecular complexity index is 282. The number of hydrogen-bond donors (Lipinski definition) is 1. The van der Waals surface area contributed by atoms with Gasteiger partial charge in [-0.15, -0.1) is 11.6 Å². The van der Waals surface area contributed by atoms with Crippen LogP contribution in [0.15, 0.2) is 0 Å². The lowest BCUT2D eigenvalue weighted by atomic mass is 10.3. The van der Waals surface area contributed by atoms with Crippen LogP contribution in [0.4, 0.5) is 5.95 Å². The van der Waals surface area contributed by atoms with Gasteiger partial charge in [0.2, 0.25) is 5.95 Å². The van der Waals surface area contributed by atoms with E-state index >= 15 is 0 Å². The molecule has 2 rings (SSSR count). The summed E-state index contributed by atoms with van der Waals surface area (Å²) < 4.78 is 1.59. The Morgan fingerprint density at radius 3 is 3.00 bits per heavy atom. The lowest BCUT2D eigenvalue weighted by Gasteiger charge is -2.08. The predicted octanol–water partition coefficient (Wildman–Crippen LogP) is 0.639. The van der Waals surface area contributed by atoms with E-state index in [9.17, 15) is 0 Å². The number of alkyl halides is 1. The van der Waals surface area contributed by atoms with E-state index in [2.05, 4.69) is 20.8 Å². The molecule has 0 radical (unpaired) electrons. The molecule has 5 nitrogen and oxygen atoms in total. The van der Waals surface area contributed by atoms with E-state index in [0.717, 1.165) is 6.54 Å². The molecule has 1 heterocycles. The van der Waals surface area contributed by atoms with Gasteiger partial charge < -0.3 is 5.32 Å². The first-order valence-electron chi connectivity index (χ1n) is 4.37. The molecule has 1 unspecified atom stereocenters. The Hall–Kier alpha value is -0.840. The predicted molar refractivity (Wildman–Crippen MR) is 49.7 cm³/mol. The minimum absolute atomic E-state index is 0.205. The van der Waals surface area contributed by atoms with Crippen molar-refractivity contribution < 1.29 is 0 Å². The minimum Gasteiger partial charge on any atom is -0.352 e. The van der Waals surface area contributed by atoms with Gasteiger partial charge >= 0.3 is 0 Å². The number of anilines is 1. The molecule has 1 aromatic rings. The molecular formula is C7H12ClN5. The molecule has 0 aromatic carbocycles. The molecule has 1 aliphatic carbocycles. The van der Waals surface area contributed by atoms with E-state index in [1.54, 1.807) is 11.7 Å². The second kappa shape index (κ2) is 3.49. The van der Waals surface area contributed by atoms with Crippen LogP contribution in [0.1, 0.15) is 12.8 Å². The summed E-state index contributed by atoms with van der Waals surface area (Å²) in [7, 11) is 1.79. The van der Waals surface area contributed by atoms with E-state index < -0.39 is 0 Å². The van der Waals surface area contributed by atoms with E-state index in [-0.39, 0.29) is 5.38 Å². The third kappa shape index (κ3) is 2.09. The molecule has 1 saturated carbocycles. The Morgan fingerprint density at radius 2 is 2.46 bits per heavy atom. The molecule has 1 aromatic heterocycles. The van der Waals surface area contributed by atoms with Gasteiger partial charge in [-0.25, -0.2) is 4.68 Å².